The van der Waals surface area contributed by atoms with Gasteiger partial charge in [0.2, 0.25) is 15.9 Å². The number of carbonyl (C=O) groups excluding carboxylic acids is 1. The highest BCUT2D eigenvalue weighted by Gasteiger charge is 2.34. The highest BCUT2D eigenvalue weighted by Crippen LogP contribution is 2.33. The van der Waals surface area contributed by atoms with Gasteiger partial charge in [-0.1, -0.05) is 0 Å². The summed E-state index contributed by atoms with van der Waals surface area (Å²) in [7, 11) is -3.90. The van der Waals surface area contributed by atoms with E-state index in [-0.39, 0.29) is 11.9 Å². The van der Waals surface area contributed by atoms with Crippen molar-refractivity contribution in [2.24, 2.45) is 5.92 Å². The lowest BCUT2D eigenvalue weighted by atomic mass is 9.89. The molecule has 3 fully saturated rings. The summed E-state index contributed by atoms with van der Waals surface area (Å²) in [5.74, 6) is -0.624. The predicted octanol–water partition coefficient (Wildman–Crippen LogP) is 2.13. The van der Waals surface area contributed by atoms with Crippen LogP contribution in [0.5, 0.6) is 0 Å². The van der Waals surface area contributed by atoms with Crippen LogP contribution >= 0.6 is 0 Å². The molecule has 1 aromatic rings. The van der Waals surface area contributed by atoms with Crippen molar-refractivity contribution in [2.45, 2.75) is 68.0 Å². The molecule has 26 heavy (non-hydrogen) atoms. The van der Waals surface area contributed by atoms with Crippen LogP contribution in [-0.2, 0) is 14.8 Å². The number of piperidine rings is 1. The molecule has 3 aliphatic rings. The fourth-order valence-electron chi connectivity index (χ4n) is 4.09. The number of nitrogens with one attached hydrogen (secondary N) is 3. The quantitative estimate of drug-likeness (QED) is 0.704. The molecular formula is C18H24FN3O3S. The van der Waals surface area contributed by atoms with Gasteiger partial charge in [0.05, 0.1) is 0 Å². The average Bonchev–Trinajstić information content (AvgIpc) is 3.31. The largest absolute Gasteiger partial charge is 0.326 e. The monoisotopic (exact) mass is 381 g/mol. The molecule has 1 aromatic carbocycles. The Morgan fingerprint density at radius 3 is 2.50 bits per heavy atom. The minimum atomic E-state index is -3.90. The highest BCUT2D eigenvalue weighted by molar-refractivity contribution is 7.89. The molecule has 142 valence electrons. The van der Waals surface area contributed by atoms with Gasteiger partial charge < -0.3 is 10.6 Å². The Kier molecular flexibility index (Phi) is 4.75. The summed E-state index contributed by atoms with van der Waals surface area (Å²) in [5.41, 5.74) is 0.310. The Labute approximate surface area is 153 Å². The molecule has 2 saturated heterocycles. The first-order valence-electron chi connectivity index (χ1n) is 9.27. The second kappa shape index (κ2) is 6.90. The zero-order chi connectivity index (χ0) is 18.3. The van der Waals surface area contributed by atoms with Crippen LogP contribution in [0.1, 0.15) is 44.9 Å². The number of rotatable bonds is 6. The van der Waals surface area contributed by atoms with Crippen LogP contribution in [0.3, 0.4) is 0 Å². The molecule has 2 atom stereocenters. The number of sulfonamides is 1. The molecule has 2 unspecified atom stereocenters. The molecule has 1 aliphatic carbocycles. The van der Waals surface area contributed by atoms with E-state index in [9.17, 15) is 17.6 Å². The number of halogens is 1. The van der Waals surface area contributed by atoms with Gasteiger partial charge in [0, 0.05) is 30.2 Å². The molecule has 1 saturated carbocycles. The standard InChI is InChI=1S/C18H24FN3O3S/c19-16-6-5-15(10-17(16)26(24,25)22-12-1-2-12)21-18(23)9-11-7-13-3-4-14(8-11)20-13/h5-6,10-14,20,22H,1-4,7-9H2,(H,21,23). The van der Waals surface area contributed by atoms with Crippen LogP contribution in [0.25, 0.3) is 0 Å². The van der Waals surface area contributed by atoms with Crippen molar-refractivity contribution in [1.29, 1.82) is 0 Å². The van der Waals surface area contributed by atoms with Crippen LogP contribution in [0.15, 0.2) is 23.1 Å². The molecule has 1 amide bonds. The van der Waals surface area contributed by atoms with Gasteiger partial charge in [0.1, 0.15) is 10.7 Å². The number of anilines is 1. The third-order valence-electron chi connectivity index (χ3n) is 5.45. The van der Waals surface area contributed by atoms with E-state index in [2.05, 4.69) is 15.4 Å². The first-order chi connectivity index (χ1) is 12.4. The summed E-state index contributed by atoms with van der Waals surface area (Å²) in [5, 5.41) is 6.28. The van der Waals surface area contributed by atoms with Crippen molar-refractivity contribution in [3.8, 4) is 0 Å². The maximum atomic E-state index is 14.0. The molecule has 2 aliphatic heterocycles. The van der Waals surface area contributed by atoms with Crippen LogP contribution in [0.2, 0.25) is 0 Å². The SMILES string of the molecule is O=C(CC1CC2CCC(C1)N2)Nc1ccc(F)c(S(=O)(=O)NC2CC2)c1. The van der Waals surface area contributed by atoms with E-state index in [4.69, 9.17) is 0 Å². The molecule has 0 radical (unpaired) electrons. The van der Waals surface area contributed by atoms with Crippen LogP contribution in [0.4, 0.5) is 10.1 Å². The van der Waals surface area contributed by atoms with E-state index >= 15 is 0 Å². The smallest absolute Gasteiger partial charge is 0.243 e. The minimum absolute atomic E-state index is 0.104. The maximum Gasteiger partial charge on any atom is 0.243 e. The number of hydrogen-bond acceptors (Lipinski definition) is 4. The lowest BCUT2D eigenvalue weighted by molar-refractivity contribution is -0.117. The Hall–Kier alpha value is -1.51. The van der Waals surface area contributed by atoms with E-state index < -0.39 is 20.7 Å². The van der Waals surface area contributed by atoms with Crippen molar-refractivity contribution in [3.05, 3.63) is 24.0 Å². The van der Waals surface area contributed by atoms with Crippen molar-refractivity contribution < 1.29 is 17.6 Å². The Bertz CT molecular complexity index is 798. The van der Waals surface area contributed by atoms with Crippen molar-refractivity contribution in [2.75, 3.05) is 5.32 Å². The van der Waals surface area contributed by atoms with Crippen LogP contribution in [-0.4, -0.2) is 32.5 Å². The first kappa shape index (κ1) is 17.9. The average molecular weight is 381 g/mol. The summed E-state index contributed by atoms with van der Waals surface area (Å²) in [6.07, 6.45) is 6.31. The zero-order valence-corrected chi connectivity index (χ0v) is 15.3. The van der Waals surface area contributed by atoms with Crippen molar-refractivity contribution >= 4 is 21.6 Å². The zero-order valence-electron chi connectivity index (χ0n) is 14.5. The second-order valence-corrected chi connectivity index (χ2v) is 9.45. The summed E-state index contributed by atoms with van der Waals surface area (Å²) in [4.78, 5) is 11.9. The summed E-state index contributed by atoms with van der Waals surface area (Å²) in [6.45, 7) is 0. The van der Waals surface area contributed by atoms with Crippen LogP contribution in [0, 0.1) is 11.7 Å². The van der Waals surface area contributed by atoms with Crippen molar-refractivity contribution in [1.82, 2.24) is 10.0 Å². The normalized spacial score (nSPS) is 28.1. The van der Waals surface area contributed by atoms with Gasteiger partial charge in [-0.3, -0.25) is 4.79 Å². The topological polar surface area (TPSA) is 87.3 Å². The van der Waals surface area contributed by atoms with E-state index in [1.54, 1.807) is 0 Å². The molecule has 2 heterocycles. The molecule has 8 heteroatoms. The van der Waals surface area contributed by atoms with E-state index in [1.165, 1.54) is 25.0 Å². The molecule has 3 N–H and O–H groups in total. The van der Waals surface area contributed by atoms with Gasteiger partial charge in [-0.2, -0.15) is 0 Å². The molecule has 0 spiro atoms. The van der Waals surface area contributed by atoms with Gasteiger partial charge >= 0.3 is 0 Å². The van der Waals surface area contributed by atoms with E-state index in [1.807, 2.05) is 0 Å². The highest BCUT2D eigenvalue weighted by atomic mass is 32.2. The number of fused-ring (bicyclic) bond motifs is 2. The van der Waals surface area contributed by atoms with Gasteiger partial charge in [0.25, 0.3) is 0 Å². The third kappa shape index (κ3) is 4.07. The molecule has 4 rings (SSSR count). The van der Waals surface area contributed by atoms with E-state index in [0.717, 1.165) is 31.7 Å². The minimum Gasteiger partial charge on any atom is -0.326 e. The number of carbonyl (C=O) groups is 1. The molecule has 0 aromatic heterocycles. The lowest BCUT2D eigenvalue weighted by Crippen LogP contribution is -2.39. The predicted molar refractivity (Wildman–Crippen MR) is 95.7 cm³/mol. The second-order valence-electron chi connectivity index (χ2n) is 7.77. The molecular weight excluding hydrogens is 357 g/mol. The summed E-state index contributed by atoms with van der Waals surface area (Å²) < 4.78 is 41.0. The molecule has 6 nitrogen and oxygen atoms in total. The van der Waals surface area contributed by atoms with E-state index in [0.29, 0.717) is 30.1 Å². The lowest BCUT2D eigenvalue weighted by Gasteiger charge is -2.28. The van der Waals surface area contributed by atoms with Gasteiger partial charge in [-0.05, 0) is 62.6 Å². The maximum absolute atomic E-state index is 14.0. The number of benzene rings is 1. The number of hydrogen-bond donors (Lipinski definition) is 3. The Morgan fingerprint density at radius 1 is 1.15 bits per heavy atom. The molecule has 2 bridgehead atoms. The summed E-state index contributed by atoms with van der Waals surface area (Å²) in [6, 6.07) is 4.61. The fraction of sp³-hybridized carbons (Fsp3) is 0.611. The van der Waals surface area contributed by atoms with Crippen LogP contribution < -0.4 is 15.4 Å². The number of amides is 1. The van der Waals surface area contributed by atoms with Gasteiger partial charge in [-0.25, -0.2) is 17.5 Å². The van der Waals surface area contributed by atoms with Crippen molar-refractivity contribution in [3.63, 3.8) is 0 Å². The third-order valence-corrected chi connectivity index (χ3v) is 6.98. The van der Waals surface area contributed by atoms with Gasteiger partial charge in [0.15, 0.2) is 0 Å². The summed E-state index contributed by atoms with van der Waals surface area (Å²) >= 11 is 0. The fourth-order valence-corrected chi connectivity index (χ4v) is 5.50. The first-order valence-corrected chi connectivity index (χ1v) is 10.7. The Morgan fingerprint density at radius 2 is 1.85 bits per heavy atom. The van der Waals surface area contributed by atoms with Gasteiger partial charge in [-0.15, -0.1) is 0 Å². The Balaban J connectivity index is 1.41.